The van der Waals surface area contributed by atoms with Gasteiger partial charge in [-0.2, -0.15) is 0 Å². The van der Waals surface area contributed by atoms with Gasteiger partial charge in [0.1, 0.15) is 0 Å². The summed E-state index contributed by atoms with van der Waals surface area (Å²) in [5.74, 6) is 2.53. The van der Waals surface area contributed by atoms with Crippen LogP contribution in [0, 0.1) is 0 Å². The molecule has 2 nitrogen and oxygen atoms in total. The topological polar surface area (TPSA) is 18.5 Å². The van der Waals surface area contributed by atoms with Crippen LogP contribution in [0.4, 0.5) is 0 Å². The van der Waals surface area contributed by atoms with Crippen LogP contribution < -0.4 is 0 Å². The Bertz CT molecular complexity index is 425. The Labute approximate surface area is 265 Å². The molecular weight excluding hydrogens is 561 g/mol. The Morgan fingerprint density at radius 1 is 0.425 bits per heavy atom. The highest BCUT2D eigenvalue weighted by molar-refractivity contribution is 8.76. The summed E-state index contributed by atoms with van der Waals surface area (Å²) in [6, 6.07) is 6.02. The molecule has 2 unspecified atom stereocenters. The average Bonchev–Trinajstić information content (AvgIpc) is 2.96. The predicted molar refractivity (Wildman–Crippen MR) is 195 cm³/mol. The molecule has 0 aromatic heterocycles. The summed E-state index contributed by atoms with van der Waals surface area (Å²) in [6.07, 6.45) is 24.3. The van der Waals surface area contributed by atoms with E-state index < -0.39 is 17.6 Å². The van der Waals surface area contributed by atoms with Crippen molar-refractivity contribution in [3.8, 4) is 0 Å². The van der Waals surface area contributed by atoms with Crippen LogP contribution in [0.15, 0.2) is 0 Å². The lowest BCUT2D eigenvalue weighted by Crippen LogP contribution is -2.34. The van der Waals surface area contributed by atoms with Crippen molar-refractivity contribution in [2.24, 2.45) is 0 Å². The van der Waals surface area contributed by atoms with Crippen LogP contribution in [0.2, 0.25) is 24.2 Å². The average molecular weight is 635 g/mol. The summed E-state index contributed by atoms with van der Waals surface area (Å²) in [4.78, 5) is 0. The van der Waals surface area contributed by atoms with Gasteiger partial charge in [0.05, 0.1) is 17.6 Å². The zero-order valence-corrected chi connectivity index (χ0v) is 32.3. The lowest BCUT2D eigenvalue weighted by Gasteiger charge is -2.27. The van der Waals surface area contributed by atoms with Gasteiger partial charge in [0, 0.05) is 36.2 Å². The second kappa shape index (κ2) is 33.0. The van der Waals surface area contributed by atoms with E-state index in [0.717, 1.165) is 13.2 Å². The lowest BCUT2D eigenvalue weighted by atomic mass is 10.3. The number of hydrogen-bond donors (Lipinski definition) is 0. The zero-order chi connectivity index (χ0) is 29.5. The molecule has 0 amide bonds. The van der Waals surface area contributed by atoms with E-state index in [2.05, 4.69) is 63.1 Å². The van der Waals surface area contributed by atoms with Crippen LogP contribution in [0.25, 0.3) is 0 Å². The van der Waals surface area contributed by atoms with Crippen molar-refractivity contribution < 1.29 is 9.47 Å². The van der Waals surface area contributed by atoms with Gasteiger partial charge in [-0.1, -0.05) is 177 Å². The Morgan fingerprint density at radius 3 is 1.00 bits per heavy atom. The molecule has 242 valence electrons. The third kappa shape index (κ3) is 24.5. The molecule has 0 N–H and O–H groups in total. The maximum Gasteiger partial charge on any atom is 0.0717 e. The van der Waals surface area contributed by atoms with E-state index in [1.807, 2.05) is 0 Å². The van der Waals surface area contributed by atoms with Crippen molar-refractivity contribution in [3.63, 3.8) is 0 Å². The highest BCUT2D eigenvalue weighted by Gasteiger charge is 2.25. The van der Waals surface area contributed by atoms with Gasteiger partial charge in [-0.25, -0.2) is 0 Å². The normalized spacial score (nSPS) is 13.5. The smallest absolute Gasteiger partial charge is 0.0717 e. The minimum absolute atomic E-state index is 0.604. The van der Waals surface area contributed by atoms with E-state index in [9.17, 15) is 0 Å². The number of ether oxygens (including phenoxy) is 2. The Kier molecular flexibility index (Phi) is 33.8. The van der Waals surface area contributed by atoms with Gasteiger partial charge in [0.2, 0.25) is 0 Å². The largest absolute Gasteiger partial charge is 0.382 e. The molecule has 0 bridgehead atoms. The second-order valence-corrected chi connectivity index (χ2v) is 21.8. The first-order valence-electron chi connectivity index (χ1n) is 18.2. The second-order valence-electron chi connectivity index (χ2n) is 12.3. The molecule has 0 aliphatic carbocycles. The summed E-state index contributed by atoms with van der Waals surface area (Å²) < 4.78 is 13.3. The quantitative estimate of drug-likeness (QED) is 0.0406. The first-order chi connectivity index (χ1) is 19.7. The van der Waals surface area contributed by atoms with Crippen LogP contribution in [0.3, 0.4) is 0 Å². The minimum atomic E-state index is -0.847. The van der Waals surface area contributed by atoms with Crippen molar-refractivity contribution in [1.82, 2.24) is 0 Å². The minimum Gasteiger partial charge on any atom is -0.382 e. The maximum atomic E-state index is 6.66. The summed E-state index contributed by atoms with van der Waals surface area (Å²) in [6.45, 7) is 15.9. The van der Waals surface area contributed by atoms with Gasteiger partial charge < -0.3 is 9.47 Å². The first-order valence-corrected chi connectivity index (χ1v) is 25.2. The molecule has 0 aromatic carbocycles. The molecule has 6 heteroatoms. The third-order valence-electron chi connectivity index (χ3n) is 8.48. The van der Waals surface area contributed by atoms with Gasteiger partial charge in [0.25, 0.3) is 0 Å². The van der Waals surface area contributed by atoms with E-state index in [1.165, 1.54) is 151 Å². The number of rotatable bonds is 33. The summed E-state index contributed by atoms with van der Waals surface area (Å²) in [5.41, 5.74) is 1.21. The van der Waals surface area contributed by atoms with Crippen LogP contribution in [0.1, 0.15) is 157 Å². The van der Waals surface area contributed by atoms with Crippen molar-refractivity contribution >= 4 is 39.2 Å². The predicted octanol–water partition coefficient (Wildman–Crippen LogP) is 11.8. The molecule has 0 saturated carbocycles. The number of unbranched alkanes of at least 4 members (excludes halogenated alkanes) is 10. The molecule has 2 atom stereocenters. The molecule has 0 fully saturated rings. The Hall–Kier alpha value is 1.05. The molecule has 0 aliphatic rings. The van der Waals surface area contributed by atoms with Crippen molar-refractivity contribution in [2.45, 2.75) is 193 Å². The van der Waals surface area contributed by atoms with Crippen molar-refractivity contribution in [2.75, 3.05) is 24.7 Å². The molecule has 0 heterocycles. The standard InChI is InChI=1S/C34H74O2S2Si2/c1-7-13-19-29-39(30-20-14-8-2)33(35-25-17-11-5)23-27-37-38-28-24-34(36-26-18-12-6)40(31-21-15-9-3)32-22-16-10-4/h33-34,39-40H,7-32H2,1-6H3. The fourth-order valence-electron chi connectivity index (χ4n) is 5.77. The van der Waals surface area contributed by atoms with Crippen LogP contribution >= 0.6 is 21.6 Å². The molecule has 0 radical (unpaired) electrons. The summed E-state index contributed by atoms with van der Waals surface area (Å²) in [5, 5.41) is 0. The molecule has 0 rings (SSSR count). The molecular formula is C34H74O2S2Si2. The van der Waals surface area contributed by atoms with Crippen LogP contribution in [-0.4, -0.2) is 53.8 Å². The molecule has 0 aromatic rings. The number of hydrogen-bond acceptors (Lipinski definition) is 4. The van der Waals surface area contributed by atoms with E-state index in [1.54, 1.807) is 0 Å². The monoisotopic (exact) mass is 634 g/mol. The molecule has 0 saturated heterocycles. The van der Waals surface area contributed by atoms with E-state index in [-0.39, 0.29) is 0 Å². The SMILES string of the molecule is CCCCC[SiH](CCCCC)C(CCSSCCC(OCCCC)[SiH](CCCCC)CCCCC)OCCCC. The van der Waals surface area contributed by atoms with Crippen molar-refractivity contribution in [1.29, 1.82) is 0 Å². The van der Waals surface area contributed by atoms with E-state index in [0.29, 0.717) is 11.5 Å². The highest BCUT2D eigenvalue weighted by atomic mass is 33.1. The summed E-state index contributed by atoms with van der Waals surface area (Å²) >= 11 is 0. The molecule has 0 spiro atoms. The van der Waals surface area contributed by atoms with Crippen LogP contribution in [0.5, 0.6) is 0 Å². The van der Waals surface area contributed by atoms with Gasteiger partial charge in [-0.3, -0.25) is 0 Å². The lowest BCUT2D eigenvalue weighted by molar-refractivity contribution is 0.0967. The zero-order valence-electron chi connectivity index (χ0n) is 28.3. The summed E-state index contributed by atoms with van der Waals surface area (Å²) in [7, 11) is 2.58. The fraction of sp³-hybridized carbons (Fsp3) is 1.00. The maximum absolute atomic E-state index is 6.66. The van der Waals surface area contributed by atoms with E-state index >= 15 is 0 Å². The Morgan fingerprint density at radius 2 is 0.725 bits per heavy atom. The van der Waals surface area contributed by atoms with Gasteiger partial charge in [-0.15, -0.1) is 0 Å². The Balaban J connectivity index is 4.88. The van der Waals surface area contributed by atoms with E-state index in [4.69, 9.17) is 9.47 Å². The van der Waals surface area contributed by atoms with Gasteiger partial charge >= 0.3 is 0 Å². The first kappa shape index (κ1) is 41.1. The van der Waals surface area contributed by atoms with Crippen LogP contribution in [-0.2, 0) is 9.47 Å². The van der Waals surface area contributed by atoms with Crippen molar-refractivity contribution in [3.05, 3.63) is 0 Å². The fourth-order valence-corrected chi connectivity index (χ4v) is 15.8. The molecule has 0 aliphatic heterocycles. The highest BCUT2D eigenvalue weighted by Crippen LogP contribution is 2.29. The third-order valence-corrected chi connectivity index (χ3v) is 18.7. The van der Waals surface area contributed by atoms with Gasteiger partial charge in [-0.05, 0) is 25.7 Å². The van der Waals surface area contributed by atoms with Gasteiger partial charge in [0.15, 0.2) is 0 Å². The molecule has 40 heavy (non-hydrogen) atoms.